The molecule has 0 radical (unpaired) electrons. The highest BCUT2D eigenvalue weighted by Crippen LogP contribution is 2.45. The third-order valence-corrected chi connectivity index (χ3v) is 8.58. The van der Waals surface area contributed by atoms with E-state index < -0.39 is 17.7 Å². The molecule has 0 spiro atoms. The maximum absolute atomic E-state index is 13.4. The van der Waals surface area contributed by atoms with Crippen molar-refractivity contribution in [2.24, 2.45) is 0 Å². The van der Waals surface area contributed by atoms with Crippen LogP contribution < -0.4 is 9.64 Å². The average Bonchev–Trinajstić information content (AvgIpc) is 3.50. The zero-order valence-electron chi connectivity index (χ0n) is 20.0. The molecule has 2 N–H and O–H groups in total. The summed E-state index contributed by atoms with van der Waals surface area (Å²) in [5.41, 5.74) is 1.43. The summed E-state index contributed by atoms with van der Waals surface area (Å²) in [5.74, 6) is -1.65. The van der Waals surface area contributed by atoms with Crippen LogP contribution in [0.15, 0.2) is 70.8 Å². The Morgan fingerprint density at radius 2 is 1.87 bits per heavy atom. The SMILES string of the molecule is COc1cc(C2C(=C(O)c3ccncc3)C(=O)C(=O)N2c2nnc(SCc3ccc(Cl)cc3Cl)s2)ccc1O. The Labute approximate surface area is 240 Å². The molecule has 3 heterocycles. The van der Waals surface area contributed by atoms with Crippen molar-refractivity contribution in [2.75, 3.05) is 12.0 Å². The number of carbonyl (C=O) groups excluding carboxylic acids is 2. The highest BCUT2D eigenvalue weighted by Gasteiger charge is 2.48. The van der Waals surface area contributed by atoms with Gasteiger partial charge < -0.3 is 14.9 Å². The number of benzene rings is 2. The number of aliphatic hydroxyl groups is 1. The number of carbonyl (C=O) groups is 2. The quantitative estimate of drug-likeness (QED) is 0.0879. The van der Waals surface area contributed by atoms with Crippen LogP contribution in [0.4, 0.5) is 5.13 Å². The molecule has 1 atom stereocenters. The largest absolute Gasteiger partial charge is 0.507 e. The van der Waals surface area contributed by atoms with Crippen molar-refractivity contribution in [1.82, 2.24) is 15.2 Å². The summed E-state index contributed by atoms with van der Waals surface area (Å²) in [6.07, 6.45) is 2.93. The van der Waals surface area contributed by atoms with Crippen LogP contribution in [0, 0.1) is 0 Å². The molecule has 0 aliphatic carbocycles. The molecule has 1 saturated heterocycles. The van der Waals surface area contributed by atoms with Crippen LogP contribution in [0.3, 0.4) is 0 Å². The van der Waals surface area contributed by atoms with Gasteiger partial charge >= 0.3 is 5.91 Å². The number of aromatic nitrogens is 3. The van der Waals surface area contributed by atoms with Crippen LogP contribution in [0.25, 0.3) is 5.76 Å². The number of anilines is 1. The minimum Gasteiger partial charge on any atom is -0.507 e. The number of halogens is 2. The van der Waals surface area contributed by atoms with Crippen LogP contribution in [-0.2, 0) is 15.3 Å². The number of thioether (sulfide) groups is 1. The minimum atomic E-state index is -1.07. The molecule has 198 valence electrons. The smallest absolute Gasteiger partial charge is 0.301 e. The average molecular weight is 601 g/mol. The monoisotopic (exact) mass is 600 g/mol. The molecular weight excluding hydrogens is 583 g/mol. The van der Waals surface area contributed by atoms with Crippen LogP contribution in [0.2, 0.25) is 10.0 Å². The minimum absolute atomic E-state index is 0.122. The third-order valence-electron chi connectivity index (χ3n) is 5.89. The van der Waals surface area contributed by atoms with Gasteiger partial charge in [-0.15, -0.1) is 10.2 Å². The van der Waals surface area contributed by atoms with E-state index in [0.29, 0.717) is 31.3 Å². The Hall–Kier alpha value is -3.64. The lowest BCUT2D eigenvalue weighted by molar-refractivity contribution is -0.132. The summed E-state index contributed by atoms with van der Waals surface area (Å²) >= 11 is 14.7. The van der Waals surface area contributed by atoms with Gasteiger partial charge in [0.2, 0.25) is 5.13 Å². The molecule has 1 aliphatic heterocycles. The third kappa shape index (κ3) is 5.30. The van der Waals surface area contributed by atoms with Crippen molar-refractivity contribution in [3.05, 3.63) is 93.2 Å². The van der Waals surface area contributed by atoms with Crippen LogP contribution in [0.5, 0.6) is 11.5 Å². The van der Waals surface area contributed by atoms with E-state index >= 15 is 0 Å². The fourth-order valence-electron chi connectivity index (χ4n) is 4.01. The normalized spacial score (nSPS) is 16.6. The van der Waals surface area contributed by atoms with Crippen LogP contribution >= 0.6 is 46.3 Å². The Balaban J connectivity index is 1.55. The number of aromatic hydroxyl groups is 1. The van der Waals surface area contributed by atoms with Gasteiger partial charge in [0.1, 0.15) is 5.76 Å². The van der Waals surface area contributed by atoms with Gasteiger partial charge in [0, 0.05) is 33.8 Å². The Bertz CT molecular complexity index is 1610. The van der Waals surface area contributed by atoms with Crippen molar-refractivity contribution >= 4 is 68.9 Å². The summed E-state index contributed by atoms with van der Waals surface area (Å²) in [4.78, 5) is 31.8. The summed E-state index contributed by atoms with van der Waals surface area (Å²) in [6.45, 7) is 0. The summed E-state index contributed by atoms with van der Waals surface area (Å²) in [7, 11) is 1.38. The van der Waals surface area contributed by atoms with E-state index in [2.05, 4.69) is 15.2 Å². The van der Waals surface area contributed by atoms with Gasteiger partial charge in [-0.05, 0) is 47.5 Å². The van der Waals surface area contributed by atoms with E-state index in [0.717, 1.165) is 16.9 Å². The van der Waals surface area contributed by atoms with E-state index in [9.17, 15) is 19.8 Å². The molecular formula is C26H18Cl2N4O5S2. The van der Waals surface area contributed by atoms with Gasteiger partial charge in [-0.2, -0.15) is 0 Å². The van der Waals surface area contributed by atoms with E-state index in [1.807, 2.05) is 6.07 Å². The number of ether oxygens (including phenoxy) is 1. The molecule has 13 heteroatoms. The number of phenols is 1. The molecule has 2 aromatic carbocycles. The number of pyridine rings is 1. The van der Waals surface area contributed by atoms with Crippen LogP contribution in [0.1, 0.15) is 22.7 Å². The lowest BCUT2D eigenvalue weighted by Crippen LogP contribution is -2.29. The van der Waals surface area contributed by atoms with E-state index in [4.69, 9.17) is 27.9 Å². The number of Topliss-reactive ketones (excluding diaryl/α,β-unsaturated/α-hetero) is 1. The highest BCUT2D eigenvalue weighted by atomic mass is 35.5. The molecule has 1 unspecified atom stereocenters. The predicted octanol–water partition coefficient (Wildman–Crippen LogP) is 5.87. The molecule has 1 amide bonds. The fourth-order valence-corrected chi connectivity index (χ4v) is 6.44. The topological polar surface area (TPSA) is 126 Å². The van der Waals surface area contributed by atoms with Crippen molar-refractivity contribution in [2.45, 2.75) is 16.1 Å². The van der Waals surface area contributed by atoms with Gasteiger partial charge in [-0.3, -0.25) is 19.5 Å². The van der Waals surface area contributed by atoms with E-state index in [1.54, 1.807) is 18.2 Å². The van der Waals surface area contributed by atoms with Crippen molar-refractivity contribution in [3.8, 4) is 11.5 Å². The number of ketones is 1. The first kappa shape index (κ1) is 26.9. The molecule has 1 fully saturated rings. The zero-order chi connectivity index (χ0) is 27.7. The van der Waals surface area contributed by atoms with Gasteiger partial charge in [0.05, 0.1) is 18.7 Å². The molecule has 0 bridgehead atoms. The molecule has 39 heavy (non-hydrogen) atoms. The second-order valence-corrected chi connectivity index (χ2v) is 11.2. The number of aliphatic hydroxyl groups excluding tert-OH is 1. The van der Waals surface area contributed by atoms with Crippen LogP contribution in [-0.4, -0.2) is 44.2 Å². The Kier molecular flexibility index (Phi) is 7.76. The standard InChI is InChI=1S/C26H18Cl2N4O5S2/c1-37-19-10-14(3-5-18(19)33)21-20(22(34)13-6-8-29-9-7-13)23(35)24(36)32(21)25-30-31-26(39-25)38-12-15-2-4-16(27)11-17(15)28/h2-11,21,33-34H,12H2,1H3. The van der Waals surface area contributed by atoms with E-state index in [1.165, 1.54) is 60.4 Å². The van der Waals surface area contributed by atoms with Crippen molar-refractivity contribution < 1.29 is 24.5 Å². The lowest BCUT2D eigenvalue weighted by Gasteiger charge is -2.23. The summed E-state index contributed by atoms with van der Waals surface area (Å²) < 4.78 is 5.78. The fraction of sp³-hybridized carbons (Fsp3) is 0.115. The number of nitrogens with zero attached hydrogens (tertiary/aromatic N) is 4. The Morgan fingerprint density at radius 3 is 2.59 bits per heavy atom. The number of rotatable bonds is 7. The van der Waals surface area contributed by atoms with Gasteiger partial charge in [0.25, 0.3) is 5.78 Å². The first-order chi connectivity index (χ1) is 18.8. The maximum atomic E-state index is 13.4. The molecule has 9 nitrogen and oxygen atoms in total. The number of methoxy groups -OCH3 is 1. The molecule has 5 rings (SSSR count). The first-order valence-corrected chi connectivity index (χ1v) is 13.8. The zero-order valence-corrected chi connectivity index (χ0v) is 23.2. The number of hydrogen-bond donors (Lipinski definition) is 2. The lowest BCUT2D eigenvalue weighted by atomic mass is 9.95. The molecule has 4 aromatic rings. The summed E-state index contributed by atoms with van der Waals surface area (Å²) in [5, 5.41) is 30.9. The molecule has 0 saturated carbocycles. The number of phenolic OH excluding ortho intramolecular Hbond substituents is 1. The maximum Gasteiger partial charge on any atom is 0.301 e. The van der Waals surface area contributed by atoms with Gasteiger partial charge in [0.15, 0.2) is 15.8 Å². The molecule has 2 aromatic heterocycles. The first-order valence-electron chi connectivity index (χ1n) is 11.3. The second-order valence-electron chi connectivity index (χ2n) is 8.21. The van der Waals surface area contributed by atoms with Gasteiger partial charge in [-0.25, -0.2) is 0 Å². The second kappa shape index (κ2) is 11.2. The predicted molar refractivity (Wildman–Crippen MR) is 150 cm³/mol. The number of hydrogen-bond acceptors (Lipinski definition) is 10. The van der Waals surface area contributed by atoms with Crippen molar-refractivity contribution in [3.63, 3.8) is 0 Å². The van der Waals surface area contributed by atoms with Gasteiger partial charge in [-0.1, -0.05) is 58.4 Å². The highest BCUT2D eigenvalue weighted by molar-refractivity contribution is 8.00. The molecule has 1 aliphatic rings. The number of amides is 1. The van der Waals surface area contributed by atoms with E-state index in [-0.39, 0.29) is 28.0 Å². The Morgan fingerprint density at radius 1 is 1.10 bits per heavy atom. The summed E-state index contributed by atoms with van der Waals surface area (Å²) in [6, 6.07) is 11.6. The van der Waals surface area contributed by atoms with Crippen molar-refractivity contribution in [1.29, 1.82) is 0 Å².